The molecule has 0 radical (unpaired) electrons. The molecule has 1 fully saturated rings. The largest absolute Gasteiger partial charge is 2.00 e. The van der Waals surface area contributed by atoms with Crippen molar-refractivity contribution in [1.82, 2.24) is 0 Å². The van der Waals surface area contributed by atoms with Gasteiger partial charge in [-0.05, 0) is 0 Å². The average molecular weight is 585 g/mol. The molecule has 0 spiro atoms. The number of hydrogen-bond acceptors (Lipinski definition) is 2. The van der Waals surface area contributed by atoms with E-state index in [0.717, 1.165) is 12.8 Å². The topological polar surface area (TPSA) is 122 Å². The molecular formula is C10H18Br2N2O4Pt. The molecule has 4 N–H and O–H groups in total. The van der Waals surface area contributed by atoms with Gasteiger partial charge in [0.2, 0.25) is 0 Å². The van der Waals surface area contributed by atoms with Crippen LogP contribution in [0.25, 0.3) is 11.5 Å². The van der Waals surface area contributed by atoms with Crippen LogP contribution in [0, 0.1) is 0 Å². The van der Waals surface area contributed by atoms with E-state index in [4.69, 9.17) is 21.7 Å². The van der Waals surface area contributed by atoms with Crippen molar-refractivity contribution >= 4 is 43.8 Å². The summed E-state index contributed by atoms with van der Waals surface area (Å²) in [6, 6.07) is -0.160. The van der Waals surface area contributed by atoms with Gasteiger partial charge in [0, 0.05) is 0 Å². The molecule has 0 aliphatic heterocycles. The number of nitrogens with one attached hydrogen (secondary N) is 2. The average Bonchev–Trinajstić information content (AvgIpc) is 2.34. The zero-order valence-corrected chi connectivity index (χ0v) is 15.6. The van der Waals surface area contributed by atoms with Crippen molar-refractivity contribution in [3.8, 4) is 0 Å². The molecule has 2 atom stereocenters. The van der Waals surface area contributed by atoms with Crippen LogP contribution in [0.4, 0.5) is 0 Å². The first kappa shape index (κ1) is 24.5. The van der Waals surface area contributed by atoms with Crippen molar-refractivity contribution in [1.29, 1.82) is 0 Å². The molecule has 6 nitrogen and oxygen atoms in total. The van der Waals surface area contributed by atoms with E-state index < -0.39 is 11.9 Å². The third-order valence-corrected chi connectivity index (χ3v) is 2.95. The fourth-order valence-electron chi connectivity index (χ4n) is 1.13. The number of carboxylic acids is 2. The maximum absolute atomic E-state index is 9.32. The molecule has 0 aromatic carbocycles. The van der Waals surface area contributed by atoms with Crippen molar-refractivity contribution < 1.29 is 40.9 Å². The summed E-state index contributed by atoms with van der Waals surface area (Å²) in [7, 11) is 0. The SMILES string of the molecule is O=C(O)CBr.O=C(O)CBr.[NH-]C1CCCCC1[NH-].[Pt+2]. The zero-order chi connectivity index (χ0) is 14.6. The van der Waals surface area contributed by atoms with Crippen LogP contribution < -0.4 is 0 Å². The van der Waals surface area contributed by atoms with Crippen LogP contribution in [-0.2, 0) is 30.7 Å². The molecule has 1 rings (SSSR count). The first-order valence-corrected chi connectivity index (χ1v) is 7.57. The van der Waals surface area contributed by atoms with Gasteiger partial charge in [-0.2, -0.15) is 12.1 Å². The van der Waals surface area contributed by atoms with Crippen molar-refractivity contribution in [3.63, 3.8) is 0 Å². The van der Waals surface area contributed by atoms with E-state index in [9.17, 15) is 9.59 Å². The van der Waals surface area contributed by atoms with Crippen LogP contribution in [0.1, 0.15) is 25.7 Å². The number of carbonyl (C=O) groups is 2. The van der Waals surface area contributed by atoms with Crippen molar-refractivity contribution in [2.75, 3.05) is 10.7 Å². The van der Waals surface area contributed by atoms with E-state index in [1.54, 1.807) is 0 Å². The van der Waals surface area contributed by atoms with E-state index in [0.29, 0.717) is 0 Å². The normalized spacial score (nSPS) is 20.6. The minimum absolute atomic E-state index is 0. The summed E-state index contributed by atoms with van der Waals surface area (Å²) < 4.78 is 0. The molecule has 116 valence electrons. The smallest absolute Gasteiger partial charge is 0.676 e. The predicted octanol–water partition coefficient (Wildman–Crippen LogP) is 3.33. The number of halogens is 2. The molecule has 1 saturated carbocycles. The third-order valence-electron chi connectivity index (χ3n) is 1.99. The number of rotatable bonds is 2. The summed E-state index contributed by atoms with van der Waals surface area (Å²) in [5.41, 5.74) is 14.6. The summed E-state index contributed by atoms with van der Waals surface area (Å²) >= 11 is 5.43. The van der Waals surface area contributed by atoms with Gasteiger partial charge in [-0.25, -0.2) is 0 Å². The molecule has 1 aliphatic carbocycles. The molecule has 0 bridgehead atoms. The number of alkyl halides is 2. The van der Waals surface area contributed by atoms with Crippen LogP contribution in [0.3, 0.4) is 0 Å². The fourth-order valence-corrected chi connectivity index (χ4v) is 1.13. The van der Waals surface area contributed by atoms with Crippen LogP contribution in [0.2, 0.25) is 0 Å². The minimum atomic E-state index is -0.829. The molecule has 0 aromatic heterocycles. The van der Waals surface area contributed by atoms with E-state index in [1.807, 2.05) is 0 Å². The van der Waals surface area contributed by atoms with E-state index in [2.05, 4.69) is 31.9 Å². The second-order valence-corrected chi connectivity index (χ2v) is 4.67. The van der Waals surface area contributed by atoms with E-state index in [1.165, 1.54) is 12.8 Å². The molecule has 2 unspecified atom stereocenters. The Morgan fingerprint density at radius 1 is 0.947 bits per heavy atom. The van der Waals surface area contributed by atoms with E-state index in [-0.39, 0.29) is 43.8 Å². The first-order chi connectivity index (χ1) is 8.34. The Morgan fingerprint density at radius 3 is 1.26 bits per heavy atom. The number of aliphatic carboxylic acids is 2. The summed E-state index contributed by atoms with van der Waals surface area (Å²) in [6.45, 7) is 0. The van der Waals surface area contributed by atoms with E-state index >= 15 is 0 Å². The van der Waals surface area contributed by atoms with Gasteiger partial charge >= 0.3 is 33.0 Å². The molecule has 9 heteroatoms. The van der Waals surface area contributed by atoms with Crippen LogP contribution in [0.5, 0.6) is 0 Å². The molecular weight excluding hydrogens is 567 g/mol. The Bertz CT molecular complexity index is 224. The van der Waals surface area contributed by atoms with Gasteiger partial charge in [0.25, 0.3) is 0 Å². The second-order valence-electron chi connectivity index (χ2n) is 3.55. The van der Waals surface area contributed by atoms with Crippen LogP contribution in [0.15, 0.2) is 0 Å². The van der Waals surface area contributed by atoms with Crippen molar-refractivity contribution in [3.05, 3.63) is 11.5 Å². The van der Waals surface area contributed by atoms with Gasteiger partial charge < -0.3 is 21.7 Å². The molecule has 1 aliphatic rings. The first-order valence-electron chi connectivity index (χ1n) is 5.32. The Morgan fingerprint density at radius 2 is 1.16 bits per heavy atom. The number of carboxylic acid groups (broad SMARTS) is 2. The van der Waals surface area contributed by atoms with Gasteiger partial charge in [-0.1, -0.05) is 57.5 Å². The Balaban J connectivity index is -0.000000208. The summed E-state index contributed by atoms with van der Waals surface area (Å²) in [5, 5.41) is 15.4. The van der Waals surface area contributed by atoms with Gasteiger partial charge in [0.1, 0.15) is 10.7 Å². The third kappa shape index (κ3) is 21.0. The summed E-state index contributed by atoms with van der Waals surface area (Å²) in [4.78, 5) is 18.6. The van der Waals surface area contributed by atoms with Gasteiger partial charge in [0.15, 0.2) is 0 Å². The Hall–Kier alpha value is 0.508. The molecule has 0 saturated heterocycles. The Labute approximate surface area is 144 Å². The molecule has 0 aromatic rings. The maximum Gasteiger partial charge on any atom is 2.00 e. The van der Waals surface area contributed by atoms with Crippen LogP contribution in [-0.4, -0.2) is 44.9 Å². The predicted molar refractivity (Wildman–Crippen MR) is 77.5 cm³/mol. The van der Waals surface area contributed by atoms with Crippen LogP contribution >= 0.6 is 31.9 Å². The fraction of sp³-hybridized carbons (Fsp3) is 0.800. The van der Waals surface area contributed by atoms with Crippen molar-refractivity contribution in [2.24, 2.45) is 0 Å². The second kappa shape index (κ2) is 16.6. The van der Waals surface area contributed by atoms with Gasteiger partial charge in [-0.15, -0.1) is 0 Å². The molecule has 19 heavy (non-hydrogen) atoms. The van der Waals surface area contributed by atoms with Gasteiger partial charge in [0.05, 0.1) is 0 Å². The summed E-state index contributed by atoms with van der Waals surface area (Å²) in [5.74, 6) is -1.66. The molecule has 0 heterocycles. The standard InChI is InChI=1S/C6H12N2.2C2H3BrO2.Pt/c7-5-3-1-2-4-6(5)8;2*3-1-2(4)5;/h5-8H,1-4H2;2*1H2,(H,4,5);/q-2;;;+2. The zero-order valence-electron chi connectivity index (χ0n) is 10.2. The number of hydrogen-bond donors (Lipinski definition) is 2. The Kier molecular flexibility index (Phi) is 21.4. The minimum Gasteiger partial charge on any atom is -0.676 e. The molecule has 0 amide bonds. The maximum atomic E-state index is 9.32. The monoisotopic (exact) mass is 583 g/mol. The van der Waals surface area contributed by atoms with Crippen molar-refractivity contribution in [2.45, 2.75) is 37.8 Å². The quantitative estimate of drug-likeness (QED) is 0.483. The van der Waals surface area contributed by atoms with Gasteiger partial charge in [-0.3, -0.25) is 9.59 Å². The summed E-state index contributed by atoms with van der Waals surface area (Å²) in [6.07, 6.45) is 4.25.